The van der Waals surface area contributed by atoms with Crippen molar-refractivity contribution in [3.63, 3.8) is 0 Å². The van der Waals surface area contributed by atoms with E-state index in [0.717, 1.165) is 37.2 Å². The first kappa shape index (κ1) is 15.1. The maximum atomic E-state index is 8.95. The lowest BCUT2D eigenvalue weighted by molar-refractivity contribution is 0.249. The van der Waals surface area contributed by atoms with Crippen LogP contribution in [0, 0.1) is 11.8 Å². The Morgan fingerprint density at radius 3 is 2.56 bits per heavy atom. The summed E-state index contributed by atoms with van der Waals surface area (Å²) in [6, 6.07) is 0. The molecule has 1 aromatic heterocycles. The smallest absolute Gasteiger partial charge is 0.0994 e. The largest absolute Gasteiger partial charge is 0.396 e. The van der Waals surface area contributed by atoms with Crippen LogP contribution in [0.25, 0.3) is 0 Å². The van der Waals surface area contributed by atoms with Crippen LogP contribution in [0.1, 0.15) is 45.0 Å². The fourth-order valence-electron chi connectivity index (χ4n) is 1.98. The van der Waals surface area contributed by atoms with E-state index < -0.39 is 0 Å². The number of hydrogen-bond donors (Lipinski definition) is 2. The van der Waals surface area contributed by atoms with Gasteiger partial charge in [-0.1, -0.05) is 26.0 Å². The molecule has 0 saturated heterocycles. The van der Waals surface area contributed by atoms with Crippen LogP contribution in [-0.4, -0.2) is 26.7 Å². The average molecular weight is 254 g/mol. The third-order valence-corrected chi connectivity index (χ3v) is 3.18. The number of nitrogens with two attached hydrogens (primary N) is 1. The Bertz CT molecular complexity index is 349. The van der Waals surface area contributed by atoms with Crippen molar-refractivity contribution in [3.05, 3.63) is 11.4 Å². The summed E-state index contributed by atoms with van der Waals surface area (Å²) in [4.78, 5) is 0. The summed E-state index contributed by atoms with van der Waals surface area (Å²) >= 11 is 0. The minimum atomic E-state index is 0.223. The normalized spacial score (nSPS) is 13.2. The summed E-state index contributed by atoms with van der Waals surface area (Å²) in [6.07, 6.45) is 2.89. The zero-order valence-corrected chi connectivity index (χ0v) is 11.8. The first-order valence-electron chi connectivity index (χ1n) is 6.80. The minimum absolute atomic E-state index is 0.223. The van der Waals surface area contributed by atoms with Gasteiger partial charge in [0.1, 0.15) is 0 Å². The molecule has 3 N–H and O–H groups in total. The van der Waals surface area contributed by atoms with Gasteiger partial charge in [-0.25, -0.2) is 4.68 Å². The lowest BCUT2D eigenvalue weighted by Crippen LogP contribution is -2.14. The SMILES string of the molecule is CC(C)CCc1c(CN)nnn1CC(C)CCO. The van der Waals surface area contributed by atoms with Crippen LogP contribution in [0.2, 0.25) is 0 Å². The number of hydrogen-bond acceptors (Lipinski definition) is 4. The van der Waals surface area contributed by atoms with Crippen LogP contribution in [0.15, 0.2) is 0 Å². The Kier molecular flexibility index (Phi) is 6.29. The van der Waals surface area contributed by atoms with Gasteiger partial charge in [0.05, 0.1) is 11.4 Å². The van der Waals surface area contributed by atoms with E-state index in [1.54, 1.807) is 0 Å². The highest BCUT2D eigenvalue weighted by molar-refractivity contribution is 5.10. The van der Waals surface area contributed by atoms with Gasteiger partial charge in [0.25, 0.3) is 0 Å². The fourth-order valence-corrected chi connectivity index (χ4v) is 1.98. The van der Waals surface area contributed by atoms with Crippen molar-refractivity contribution in [1.29, 1.82) is 0 Å². The van der Waals surface area contributed by atoms with E-state index in [9.17, 15) is 0 Å². The molecule has 0 fully saturated rings. The Labute approximate surface area is 109 Å². The monoisotopic (exact) mass is 254 g/mol. The molecule has 1 rings (SSSR count). The molecular formula is C13H26N4O. The van der Waals surface area contributed by atoms with Gasteiger partial charge in [-0.3, -0.25) is 0 Å². The highest BCUT2D eigenvalue weighted by Gasteiger charge is 2.14. The van der Waals surface area contributed by atoms with Gasteiger partial charge in [-0.2, -0.15) is 0 Å². The number of nitrogens with zero attached hydrogens (tertiary/aromatic N) is 3. The number of rotatable bonds is 8. The molecule has 0 aliphatic heterocycles. The van der Waals surface area contributed by atoms with Gasteiger partial charge in [0.15, 0.2) is 0 Å². The second-order valence-corrected chi connectivity index (χ2v) is 5.42. The second-order valence-electron chi connectivity index (χ2n) is 5.42. The molecule has 1 unspecified atom stereocenters. The third kappa shape index (κ3) is 4.38. The third-order valence-electron chi connectivity index (χ3n) is 3.18. The van der Waals surface area contributed by atoms with Crippen LogP contribution in [0.4, 0.5) is 0 Å². The van der Waals surface area contributed by atoms with E-state index in [2.05, 4.69) is 31.1 Å². The van der Waals surface area contributed by atoms with Crippen LogP contribution >= 0.6 is 0 Å². The molecule has 0 bridgehead atoms. The van der Waals surface area contributed by atoms with E-state index in [-0.39, 0.29) is 6.61 Å². The van der Waals surface area contributed by atoms with Crippen molar-refractivity contribution in [2.24, 2.45) is 17.6 Å². The molecule has 0 aliphatic carbocycles. The van der Waals surface area contributed by atoms with Crippen LogP contribution in [-0.2, 0) is 19.5 Å². The van der Waals surface area contributed by atoms with Crippen molar-refractivity contribution in [2.45, 2.75) is 53.1 Å². The molecular weight excluding hydrogens is 228 g/mol. The van der Waals surface area contributed by atoms with Crippen molar-refractivity contribution in [1.82, 2.24) is 15.0 Å². The molecule has 1 heterocycles. The van der Waals surface area contributed by atoms with Gasteiger partial charge in [0, 0.05) is 19.7 Å². The first-order valence-corrected chi connectivity index (χ1v) is 6.80. The quantitative estimate of drug-likeness (QED) is 0.734. The summed E-state index contributed by atoms with van der Waals surface area (Å²) in [6.45, 7) is 8.02. The van der Waals surface area contributed by atoms with Crippen molar-refractivity contribution in [2.75, 3.05) is 6.61 Å². The molecule has 0 saturated carbocycles. The van der Waals surface area contributed by atoms with Crippen LogP contribution in [0.5, 0.6) is 0 Å². The number of aliphatic hydroxyl groups excluding tert-OH is 1. The molecule has 0 amide bonds. The van der Waals surface area contributed by atoms with Gasteiger partial charge in [0.2, 0.25) is 0 Å². The van der Waals surface area contributed by atoms with Gasteiger partial charge >= 0.3 is 0 Å². The maximum Gasteiger partial charge on any atom is 0.0994 e. The predicted molar refractivity (Wildman–Crippen MR) is 71.9 cm³/mol. The molecule has 5 nitrogen and oxygen atoms in total. The van der Waals surface area contributed by atoms with Crippen molar-refractivity contribution < 1.29 is 5.11 Å². The number of aliphatic hydroxyl groups is 1. The van der Waals surface area contributed by atoms with Crippen molar-refractivity contribution >= 4 is 0 Å². The molecule has 104 valence electrons. The zero-order valence-electron chi connectivity index (χ0n) is 11.8. The molecule has 0 aromatic carbocycles. The number of aromatic nitrogens is 3. The fraction of sp³-hybridized carbons (Fsp3) is 0.846. The van der Waals surface area contributed by atoms with Crippen molar-refractivity contribution in [3.8, 4) is 0 Å². The highest BCUT2D eigenvalue weighted by Crippen LogP contribution is 2.14. The topological polar surface area (TPSA) is 77.0 Å². The van der Waals surface area contributed by atoms with E-state index in [1.165, 1.54) is 0 Å². The standard InChI is InChI=1S/C13H26N4O/c1-10(2)4-5-13-12(8-14)15-16-17(13)9-11(3)6-7-18/h10-11,18H,4-9,14H2,1-3H3. The van der Waals surface area contributed by atoms with E-state index >= 15 is 0 Å². The summed E-state index contributed by atoms with van der Waals surface area (Å²) in [5.74, 6) is 1.06. The first-order chi connectivity index (χ1) is 8.58. The van der Waals surface area contributed by atoms with Crippen LogP contribution in [0.3, 0.4) is 0 Å². The predicted octanol–water partition coefficient (Wildman–Crippen LogP) is 1.34. The molecule has 0 aliphatic rings. The molecule has 18 heavy (non-hydrogen) atoms. The Hall–Kier alpha value is -0.940. The lowest BCUT2D eigenvalue weighted by Gasteiger charge is -2.13. The summed E-state index contributed by atoms with van der Waals surface area (Å²) in [5.41, 5.74) is 7.78. The molecule has 1 aromatic rings. The highest BCUT2D eigenvalue weighted by atomic mass is 16.3. The second kappa shape index (κ2) is 7.48. The average Bonchev–Trinajstić information content (AvgIpc) is 2.68. The van der Waals surface area contributed by atoms with Gasteiger partial charge in [-0.05, 0) is 31.1 Å². The summed E-state index contributed by atoms with van der Waals surface area (Å²) in [7, 11) is 0. The molecule has 5 heteroatoms. The zero-order chi connectivity index (χ0) is 13.5. The van der Waals surface area contributed by atoms with Gasteiger partial charge in [-0.15, -0.1) is 5.10 Å². The maximum absolute atomic E-state index is 8.95. The Balaban J connectivity index is 2.74. The van der Waals surface area contributed by atoms with Crippen LogP contribution < -0.4 is 5.73 Å². The van der Waals surface area contributed by atoms with E-state index in [0.29, 0.717) is 18.4 Å². The van der Waals surface area contributed by atoms with Gasteiger partial charge < -0.3 is 10.8 Å². The molecule has 0 spiro atoms. The minimum Gasteiger partial charge on any atom is -0.396 e. The Morgan fingerprint density at radius 1 is 1.28 bits per heavy atom. The van der Waals surface area contributed by atoms with E-state index in [1.807, 2.05) is 4.68 Å². The molecule has 0 radical (unpaired) electrons. The Morgan fingerprint density at radius 2 is 2.00 bits per heavy atom. The lowest BCUT2D eigenvalue weighted by atomic mass is 10.0. The summed E-state index contributed by atoms with van der Waals surface area (Å²) in [5, 5.41) is 17.3. The summed E-state index contributed by atoms with van der Waals surface area (Å²) < 4.78 is 1.96. The van der Waals surface area contributed by atoms with E-state index in [4.69, 9.17) is 10.8 Å². The molecule has 1 atom stereocenters.